The second-order valence-corrected chi connectivity index (χ2v) is 7.48. The highest BCUT2D eigenvalue weighted by molar-refractivity contribution is 8.18. The van der Waals surface area contributed by atoms with Gasteiger partial charge in [-0.05, 0) is 59.5 Å². The number of benzene rings is 1. The van der Waals surface area contributed by atoms with E-state index in [1.165, 1.54) is 35.6 Å². The maximum atomic E-state index is 12.9. The Balaban J connectivity index is 1.60. The first kappa shape index (κ1) is 18.3. The summed E-state index contributed by atoms with van der Waals surface area (Å²) in [6.45, 7) is 2.13. The van der Waals surface area contributed by atoms with Crippen molar-refractivity contribution >= 4 is 46.2 Å². The fraction of sp³-hybridized carbons (Fsp3) is 0.167. The van der Waals surface area contributed by atoms with Crippen molar-refractivity contribution in [2.45, 2.75) is 6.92 Å². The third kappa shape index (κ3) is 4.03. The van der Waals surface area contributed by atoms with Crippen molar-refractivity contribution in [2.24, 2.45) is 0 Å². The molecule has 0 bridgehead atoms. The van der Waals surface area contributed by atoms with E-state index < -0.39 is 5.91 Å². The summed E-state index contributed by atoms with van der Waals surface area (Å²) in [5, 5.41) is 4.17. The fourth-order valence-corrected chi connectivity index (χ4v) is 4.08. The number of carbonyl (C=O) groups is 3. The summed E-state index contributed by atoms with van der Waals surface area (Å²) in [6, 6.07) is 7.51. The number of carbonyl (C=O) groups excluding carboxylic acids is 3. The van der Waals surface area contributed by atoms with Gasteiger partial charge < -0.3 is 5.32 Å². The second-order valence-electron chi connectivity index (χ2n) is 5.57. The number of thiophene rings is 1. The van der Waals surface area contributed by atoms with Crippen molar-refractivity contribution < 1.29 is 18.8 Å². The molecule has 3 amide bonds. The number of halogens is 1. The van der Waals surface area contributed by atoms with Gasteiger partial charge in [0.05, 0.1) is 9.78 Å². The summed E-state index contributed by atoms with van der Waals surface area (Å²) >= 11 is 2.18. The van der Waals surface area contributed by atoms with Crippen LogP contribution in [-0.2, 0) is 4.79 Å². The molecule has 3 rings (SSSR count). The van der Waals surface area contributed by atoms with E-state index in [-0.39, 0.29) is 35.0 Å². The van der Waals surface area contributed by atoms with Gasteiger partial charge in [0.15, 0.2) is 0 Å². The zero-order chi connectivity index (χ0) is 18.7. The van der Waals surface area contributed by atoms with Crippen LogP contribution in [0.5, 0.6) is 0 Å². The van der Waals surface area contributed by atoms with E-state index in [0.717, 1.165) is 22.2 Å². The highest BCUT2D eigenvalue weighted by atomic mass is 32.2. The Bertz CT molecular complexity index is 890. The summed E-state index contributed by atoms with van der Waals surface area (Å²) in [5.74, 6) is -0.996. The van der Waals surface area contributed by atoms with Gasteiger partial charge in [0.25, 0.3) is 17.1 Å². The minimum atomic E-state index is -0.411. The highest BCUT2D eigenvalue weighted by Gasteiger charge is 2.34. The minimum absolute atomic E-state index is 0.0988. The third-order valence-corrected chi connectivity index (χ3v) is 5.65. The standard InChI is InChI=1S/C18H15FN2O3S2/c1-11-6-9-25-15(11)16(22)20-7-8-21-17(23)14(26-18(21)24)10-12-2-4-13(19)5-3-12/h2-6,9-10H,7-8H2,1H3,(H,20,22). The van der Waals surface area contributed by atoms with Crippen molar-refractivity contribution in [3.05, 3.63) is 62.4 Å². The molecule has 8 heteroatoms. The molecule has 0 radical (unpaired) electrons. The van der Waals surface area contributed by atoms with Crippen LogP contribution in [0.3, 0.4) is 0 Å². The smallest absolute Gasteiger partial charge is 0.293 e. The molecular formula is C18H15FN2O3S2. The van der Waals surface area contributed by atoms with Gasteiger partial charge in [-0.15, -0.1) is 11.3 Å². The van der Waals surface area contributed by atoms with Crippen molar-refractivity contribution in [2.75, 3.05) is 13.1 Å². The maximum Gasteiger partial charge on any atom is 0.293 e. The molecule has 1 aromatic carbocycles. The van der Waals surface area contributed by atoms with E-state index in [4.69, 9.17) is 0 Å². The molecule has 0 saturated carbocycles. The quantitative estimate of drug-likeness (QED) is 0.792. The lowest BCUT2D eigenvalue weighted by atomic mass is 10.2. The molecule has 0 unspecified atom stereocenters. The number of rotatable bonds is 5. The Morgan fingerprint density at radius 1 is 1.23 bits per heavy atom. The van der Waals surface area contributed by atoms with Gasteiger partial charge in [-0.2, -0.15) is 0 Å². The Labute approximate surface area is 157 Å². The molecule has 0 aliphatic carbocycles. The van der Waals surface area contributed by atoms with Crippen molar-refractivity contribution in [3.63, 3.8) is 0 Å². The van der Waals surface area contributed by atoms with E-state index in [0.29, 0.717) is 10.4 Å². The van der Waals surface area contributed by atoms with Crippen LogP contribution in [0, 0.1) is 12.7 Å². The van der Waals surface area contributed by atoms with E-state index in [1.807, 2.05) is 18.4 Å². The van der Waals surface area contributed by atoms with E-state index in [2.05, 4.69) is 5.32 Å². The van der Waals surface area contributed by atoms with E-state index >= 15 is 0 Å². The lowest BCUT2D eigenvalue weighted by Crippen LogP contribution is -2.37. The maximum absolute atomic E-state index is 12.9. The lowest BCUT2D eigenvalue weighted by molar-refractivity contribution is -0.122. The number of imide groups is 1. The minimum Gasteiger partial charge on any atom is -0.350 e. The van der Waals surface area contributed by atoms with E-state index in [1.54, 1.807) is 6.08 Å². The molecule has 1 N–H and O–H groups in total. The monoisotopic (exact) mass is 390 g/mol. The van der Waals surface area contributed by atoms with Gasteiger partial charge >= 0.3 is 0 Å². The van der Waals surface area contributed by atoms with Gasteiger partial charge in [-0.3, -0.25) is 19.3 Å². The molecule has 5 nitrogen and oxygen atoms in total. The Morgan fingerprint density at radius 2 is 1.96 bits per heavy atom. The van der Waals surface area contributed by atoms with Crippen LogP contribution in [0.1, 0.15) is 20.8 Å². The Kier molecular flexibility index (Phi) is 5.53. The molecule has 26 heavy (non-hydrogen) atoms. The van der Waals surface area contributed by atoms with Crippen LogP contribution in [0.15, 0.2) is 40.6 Å². The van der Waals surface area contributed by atoms with Crippen molar-refractivity contribution in [3.8, 4) is 0 Å². The second kappa shape index (κ2) is 7.84. The van der Waals surface area contributed by atoms with Gasteiger partial charge in [-0.1, -0.05) is 12.1 Å². The summed E-state index contributed by atoms with van der Waals surface area (Å²) in [5.41, 5.74) is 1.53. The Hall–Kier alpha value is -2.45. The molecule has 1 aromatic heterocycles. The number of aryl methyl sites for hydroxylation is 1. The average molecular weight is 390 g/mol. The first-order valence-corrected chi connectivity index (χ1v) is 9.48. The van der Waals surface area contributed by atoms with E-state index in [9.17, 15) is 18.8 Å². The first-order chi connectivity index (χ1) is 12.5. The average Bonchev–Trinajstić information content (AvgIpc) is 3.15. The molecule has 1 aliphatic heterocycles. The molecule has 2 heterocycles. The largest absolute Gasteiger partial charge is 0.350 e. The zero-order valence-electron chi connectivity index (χ0n) is 13.8. The van der Waals surface area contributed by atoms with Crippen LogP contribution in [0.25, 0.3) is 6.08 Å². The molecule has 0 spiro atoms. The number of hydrogen-bond donors (Lipinski definition) is 1. The lowest BCUT2D eigenvalue weighted by Gasteiger charge is -2.12. The van der Waals surface area contributed by atoms with Crippen molar-refractivity contribution in [1.29, 1.82) is 0 Å². The first-order valence-electron chi connectivity index (χ1n) is 7.79. The molecular weight excluding hydrogens is 375 g/mol. The predicted molar refractivity (Wildman–Crippen MR) is 100 cm³/mol. The fourth-order valence-electron chi connectivity index (χ4n) is 2.37. The highest BCUT2D eigenvalue weighted by Crippen LogP contribution is 2.31. The predicted octanol–water partition coefficient (Wildman–Crippen LogP) is 3.66. The number of hydrogen-bond acceptors (Lipinski definition) is 5. The molecule has 1 saturated heterocycles. The van der Waals surface area contributed by atoms with Gasteiger partial charge in [0.1, 0.15) is 5.82 Å². The molecule has 1 aliphatic rings. The SMILES string of the molecule is Cc1ccsc1C(=O)NCCN1C(=O)SC(=Cc2ccc(F)cc2)C1=O. The van der Waals surface area contributed by atoms with Crippen LogP contribution >= 0.6 is 23.1 Å². The van der Waals surface area contributed by atoms with Gasteiger partial charge in [0, 0.05) is 13.1 Å². The normalized spacial score (nSPS) is 15.8. The van der Waals surface area contributed by atoms with Crippen molar-refractivity contribution in [1.82, 2.24) is 10.2 Å². The summed E-state index contributed by atoms with van der Waals surface area (Å²) < 4.78 is 12.9. The number of nitrogens with zero attached hydrogens (tertiary/aromatic N) is 1. The number of amides is 3. The molecule has 134 valence electrons. The topological polar surface area (TPSA) is 66.5 Å². The van der Waals surface area contributed by atoms with Gasteiger partial charge in [-0.25, -0.2) is 4.39 Å². The summed E-state index contributed by atoms with van der Waals surface area (Å²) in [7, 11) is 0. The van der Waals surface area contributed by atoms with Crippen LogP contribution < -0.4 is 5.32 Å². The zero-order valence-corrected chi connectivity index (χ0v) is 15.5. The Morgan fingerprint density at radius 3 is 2.62 bits per heavy atom. The molecule has 1 fully saturated rings. The summed E-state index contributed by atoms with van der Waals surface area (Å²) in [6.07, 6.45) is 1.55. The number of thioether (sulfide) groups is 1. The molecule has 2 aromatic rings. The molecule has 0 atom stereocenters. The van der Waals surface area contributed by atoms with Crippen LogP contribution in [0.2, 0.25) is 0 Å². The number of nitrogens with one attached hydrogen (secondary N) is 1. The third-order valence-electron chi connectivity index (χ3n) is 3.73. The van der Waals surface area contributed by atoms with Crippen LogP contribution in [-0.4, -0.2) is 35.0 Å². The van der Waals surface area contributed by atoms with Crippen LogP contribution in [0.4, 0.5) is 9.18 Å². The summed E-state index contributed by atoms with van der Waals surface area (Å²) in [4.78, 5) is 38.5. The van der Waals surface area contributed by atoms with Gasteiger partial charge in [0.2, 0.25) is 0 Å².